The Balaban J connectivity index is 2.27. The van der Waals surface area contributed by atoms with E-state index in [1.807, 2.05) is 31.2 Å². The van der Waals surface area contributed by atoms with Gasteiger partial charge in [0.1, 0.15) is 11.5 Å². The topological polar surface area (TPSA) is 68.0 Å². The van der Waals surface area contributed by atoms with E-state index in [-0.39, 0.29) is 11.9 Å². The van der Waals surface area contributed by atoms with Crippen LogP contribution in [0.15, 0.2) is 30.3 Å². The fourth-order valence-corrected chi connectivity index (χ4v) is 2.12. The molecule has 0 aliphatic carbocycles. The number of fused-ring (bicyclic) bond motifs is 1. The van der Waals surface area contributed by atoms with Crippen molar-refractivity contribution in [3.63, 3.8) is 0 Å². The van der Waals surface area contributed by atoms with E-state index in [4.69, 9.17) is 5.73 Å². The van der Waals surface area contributed by atoms with E-state index in [1.54, 1.807) is 6.07 Å². The molecule has 0 fully saturated rings. The van der Waals surface area contributed by atoms with Gasteiger partial charge in [-0.2, -0.15) is 0 Å². The molecule has 0 bridgehead atoms. The monoisotopic (exact) mass is 271 g/mol. The van der Waals surface area contributed by atoms with E-state index in [0.717, 1.165) is 17.2 Å². The number of pyridine rings is 1. The number of hydrogen-bond donors (Lipinski definition) is 2. The summed E-state index contributed by atoms with van der Waals surface area (Å²) in [5, 5.41) is 4.79. The predicted molar refractivity (Wildman–Crippen MR) is 82.5 cm³/mol. The Bertz CT molecular complexity index is 624. The van der Waals surface area contributed by atoms with Gasteiger partial charge in [0.2, 0.25) is 0 Å². The Labute approximate surface area is 119 Å². The maximum atomic E-state index is 12.2. The van der Waals surface area contributed by atoms with Crippen molar-refractivity contribution in [1.82, 2.24) is 10.3 Å². The number of nitrogens with two attached hydrogens (primary N) is 1. The highest BCUT2D eigenvalue weighted by atomic mass is 16.1. The predicted octanol–water partition coefficient (Wildman–Crippen LogP) is 2.98. The first kappa shape index (κ1) is 14.3. The number of rotatable bonds is 4. The molecule has 0 aliphatic rings. The fraction of sp³-hybridized carbons (Fsp3) is 0.375. The first-order valence-electron chi connectivity index (χ1n) is 6.99. The lowest BCUT2D eigenvalue weighted by Gasteiger charge is -2.19. The number of hydrogen-bond acceptors (Lipinski definition) is 3. The molecule has 20 heavy (non-hydrogen) atoms. The first-order valence-corrected chi connectivity index (χ1v) is 6.99. The van der Waals surface area contributed by atoms with Gasteiger partial charge in [0.15, 0.2) is 0 Å². The van der Waals surface area contributed by atoms with Crippen LogP contribution >= 0.6 is 0 Å². The smallest absolute Gasteiger partial charge is 0.270 e. The summed E-state index contributed by atoms with van der Waals surface area (Å²) in [6.07, 6.45) is 1.02. The van der Waals surface area contributed by atoms with E-state index in [1.165, 1.54) is 0 Å². The van der Waals surface area contributed by atoms with Crippen LogP contribution in [0.5, 0.6) is 0 Å². The molecule has 1 heterocycles. The van der Waals surface area contributed by atoms with Gasteiger partial charge in [-0.15, -0.1) is 0 Å². The number of nitrogens with zero attached hydrogens (tertiary/aromatic N) is 1. The van der Waals surface area contributed by atoms with Gasteiger partial charge in [0.05, 0.1) is 0 Å². The second kappa shape index (κ2) is 5.90. The fourth-order valence-electron chi connectivity index (χ4n) is 2.12. The zero-order valence-corrected chi connectivity index (χ0v) is 12.2. The quantitative estimate of drug-likeness (QED) is 0.898. The molecule has 1 aromatic carbocycles. The summed E-state index contributed by atoms with van der Waals surface area (Å²) in [5.41, 5.74) is 6.29. The molecule has 0 aliphatic heterocycles. The highest BCUT2D eigenvalue weighted by Crippen LogP contribution is 2.20. The van der Waals surface area contributed by atoms with Crippen molar-refractivity contribution < 1.29 is 4.79 Å². The van der Waals surface area contributed by atoms with Gasteiger partial charge >= 0.3 is 0 Å². The largest absolute Gasteiger partial charge is 0.383 e. The van der Waals surface area contributed by atoms with Crippen LogP contribution in [0.3, 0.4) is 0 Å². The van der Waals surface area contributed by atoms with E-state index >= 15 is 0 Å². The lowest BCUT2D eigenvalue weighted by molar-refractivity contribution is 0.0923. The van der Waals surface area contributed by atoms with Crippen LogP contribution in [0, 0.1) is 5.92 Å². The summed E-state index contributed by atoms with van der Waals surface area (Å²) >= 11 is 0. The van der Waals surface area contributed by atoms with Crippen LogP contribution in [0.4, 0.5) is 5.82 Å². The molecule has 3 N–H and O–H groups in total. The average Bonchev–Trinajstić information content (AvgIpc) is 2.46. The van der Waals surface area contributed by atoms with E-state index in [0.29, 0.717) is 17.4 Å². The number of amides is 1. The molecule has 0 radical (unpaired) electrons. The number of carbonyl (C=O) groups excluding carboxylic acids is 1. The summed E-state index contributed by atoms with van der Waals surface area (Å²) in [6, 6.07) is 9.56. The molecule has 1 amide bonds. The zero-order valence-electron chi connectivity index (χ0n) is 12.2. The third kappa shape index (κ3) is 2.90. The van der Waals surface area contributed by atoms with Crippen molar-refractivity contribution in [3.8, 4) is 0 Å². The summed E-state index contributed by atoms with van der Waals surface area (Å²) in [5.74, 6) is 0.649. The van der Waals surface area contributed by atoms with Crippen molar-refractivity contribution >= 4 is 22.5 Å². The molecular weight excluding hydrogens is 250 g/mol. The lowest BCUT2D eigenvalue weighted by Crippen LogP contribution is -2.37. The van der Waals surface area contributed by atoms with Gasteiger partial charge in [-0.25, -0.2) is 4.98 Å². The van der Waals surface area contributed by atoms with Gasteiger partial charge in [-0.1, -0.05) is 44.5 Å². The Morgan fingerprint density at radius 3 is 2.75 bits per heavy atom. The number of nitrogens with one attached hydrogen (secondary N) is 1. The summed E-state index contributed by atoms with van der Waals surface area (Å²) in [7, 11) is 0. The number of carbonyl (C=O) groups is 1. The number of anilines is 1. The highest BCUT2D eigenvalue weighted by molar-refractivity contribution is 5.99. The minimum atomic E-state index is -0.171. The molecule has 106 valence electrons. The van der Waals surface area contributed by atoms with Crippen LogP contribution < -0.4 is 11.1 Å². The molecule has 0 saturated carbocycles. The standard InChI is InChI=1S/C16H21N3O/c1-4-10(2)11(3)18-16(20)14-9-12-7-5-6-8-13(12)15(17)19-14/h5-11H,4H2,1-3H3,(H2,17,19)(H,18,20). The number of benzene rings is 1. The molecule has 4 nitrogen and oxygen atoms in total. The summed E-state index contributed by atoms with van der Waals surface area (Å²) in [6.45, 7) is 6.24. The first-order chi connectivity index (χ1) is 9.52. The van der Waals surface area contributed by atoms with Crippen LogP contribution in [0.1, 0.15) is 37.7 Å². The average molecular weight is 271 g/mol. The normalized spacial score (nSPS) is 13.9. The SMILES string of the molecule is CCC(C)C(C)NC(=O)c1cc2ccccc2c(N)n1. The van der Waals surface area contributed by atoms with Crippen LogP contribution in [-0.2, 0) is 0 Å². The molecule has 4 heteroatoms. The second-order valence-corrected chi connectivity index (χ2v) is 5.26. The van der Waals surface area contributed by atoms with Gasteiger partial charge < -0.3 is 11.1 Å². The van der Waals surface area contributed by atoms with Crippen LogP contribution in [-0.4, -0.2) is 16.9 Å². The molecule has 2 unspecified atom stereocenters. The van der Waals surface area contributed by atoms with Crippen molar-refractivity contribution in [2.75, 3.05) is 5.73 Å². The Kier molecular flexibility index (Phi) is 4.23. The Morgan fingerprint density at radius 1 is 1.35 bits per heavy atom. The van der Waals surface area contributed by atoms with Crippen molar-refractivity contribution in [2.45, 2.75) is 33.2 Å². The minimum Gasteiger partial charge on any atom is -0.383 e. The Morgan fingerprint density at radius 2 is 2.05 bits per heavy atom. The minimum absolute atomic E-state index is 0.113. The third-order valence-corrected chi connectivity index (χ3v) is 3.86. The van der Waals surface area contributed by atoms with Crippen molar-refractivity contribution in [1.29, 1.82) is 0 Å². The maximum Gasteiger partial charge on any atom is 0.270 e. The molecule has 0 spiro atoms. The van der Waals surface area contributed by atoms with Crippen LogP contribution in [0.25, 0.3) is 10.8 Å². The molecular formula is C16H21N3O. The second-order valence-electron chi connectivity index (χ2n) is 5.26. The molecule has 2 atom stereocenters. The number of nitrogen functional groups attached to an aromatic ring is 1. The molecule has 0 saturated heterocycles. The van der Waals surface area contributed by atoms with Gasteiger partial charge in [0, 0.05) is 11.4 Å². The Hall–Kier alpha value is -2.10. The number of aromatic nitrogens is 1. The highest BCUT2D eigenvalue weighted by Gasteiger charge is 2.16. The van der Waals surface area contributed by atoms with E-state index < -0.39 is 0 Å². The zero-order chi connectivity index (χ0) is 14.7. The summed E-state index contributed by atoms with van der Waals surface area (Å²) < 4.78 is 0. The van der Waals surface area contributed by atoms with Crippen molar-refractivity contribution in [3.05, 3.63) is 36.0 Å². The van der Waals surface area contributed by atoms with E-state index in [2.05, 4.69) is 24.1 Å². The maximum absolute atomic E-state index is 12.2. The molecule has 2 aromatic rings. The van der Waals surface area contributed by atoms with Gasteiger partial charge in [-0.05, 0) is 24.3 Å². The molecule has 2 rings (SSSR count). The van der Waals surface area contributed by atoms with E-state index in [9.17, 15) is 4.79 Å². The lowest BCUT2D eigenvalue weighted by atomic mass is 10.0. The third-order valence-electron chi connectivity index (χ3n) is 3.86. The molecule has 1 aromatic heterocycles. The van der Waals surface area contributed by atoms with Gasteiger partial charge in [0.25, 0.3) is 5.91 Å². The van der Waals surface area contributed by atoms with Gasteiger partial charge in [-0.3, -0.25) is 4.79 Å². The summed E-state index contributed by atoms with van der Waals surface area (Å²) in [4.78, 5) is 16.4. The van der Waals surface area contributed by atoms with Crippen LogP contribution in [0.2, 0.25) is 0 Å². The van der Waals surface area contributed by atoms with Crippen molar-refractivity contribution in [2.24, 2.45) is 5.92 Å².